The summed E-state index contributed by atoms with van der Waals surface area (Å²) in [5, 5.41) is 3.36. The van der Waals surface area contributed by atoms with Gasteiger partial charge in [0.1, 0.15) is 0 Å². The maximum atomic E-state index is 11.2. The quantitative estimate of drug-likeness (QED) is 0.378. The SMILES string of the molecule is CNc1ccc(Cl)cc1C(=O)NN. The Morgan fingerprint density at radius 1 is 1.54 bits per heavy atom. The molecule has 0 saturated heterocycles. The van der Waals surface area contributed by atoms with Crippen LogP contribution in [0, 0.1) is 0 Å². The average Bonchev–Trinajstić information content (AvgIpc) is 2.16. The van der Waals surface area contributed by atoms with Crippen LogP contribution in [-0.2, 0) is 0 Å². The summed E-state index contributed by atoms with van der Waals surface area (Å²) in [5.74, 6) is 4.64. The van der Waals surface area contributed by atoms with Crippen molar-refractivity contribution in [3.05, 3.63) is 28.8 Å². The van der Waals surface area contributed by atoms with Crippen molar-refractivity contribution in [2.45, 2.75) is 0 Å². The molecular weight excluding hydrogens is 190 g/mol. The molecule has 4 N–H and O–H groups in total. The zero-order valence-electron chi connectivity index (χ0n) is 7.10. The minimum Gasteiger partial charge on any atom is -0.387 e. The van der Waals surface area contributed by atoms with Gasteiger partial charge in [-0.25, -0.2) is 5.84 Å². The fraction of sp³-hybridized carbons (Fsp3) is 0.125. The lowest BCUT2D eigenvalue weighted by Crippen LogP contribution is -2.30. The Balaban J connectivity index is 3.15. The van der Waals surface area contributed by atoms with Gasteiger partial charge in [0.25, 0.3) is 5.91 Å². The first-order chi connectivity index (χ1) is 6.19. The van der Waals surface area contributed by atoms with E-state index in [4.69, 9.17) is 17.4 Å². The average molecular weight is 200 g/mol. The molecule has 70 valence electrons. The van der Waals surface area contributed by atoms with Crippen molar-refractivity contribution in [2.24, 2.45) is 5.84 Å². The smallest absolute Gasteiger partial charge is 0.267 e. The van der Waals surface area contributed by atoms with E-state index in [0.717, 1.165) is 0 Å². The van der Waals surface area contributed by atoms with Crippen LogP contribution in [0.25, 0.3) is 0 Å². The molecule has 13 heavy (non-hydrogen) atoms. The number of carbonyl (C=O) groups is 1. The number of nitrogens with one attached hydrogen (secondary N) is 2. The molecule has 0 aliphatic rings. The number of hydrogen-bond donors (Lipinski definition) is 3. The highest BCUT2D eigenvalue weighted by molar-refractivity contribution is 6.31. The third-order valence-electron chi connectivity index (χ3n) is 1.63. The number of benzene rings is 1. The Morgan fingerprint density at radius 3 is 2.77 bits per heavy atom. The molecule has 1 rings (SSSR count). The molecule has 5 heteroatoms. The molecule has 0 aliphatic heterocycles. The summed E-state index contributed by atoms with van der Waals surface area (Å²) in [6.07, 6.45) is 0. The molecule has 1 aromatic rings. The van der Waals surface area contributed by atoms with Crippen LogP contribution in [-0.4, -0.2) is 13.0 Å². The van der Waals surface area contributed by atoms with Gasteiger partial charge in [-0.05, 0) is 18.2 Å². The van der Waals surface area contributed by atoms with E-state index in [1.165, 1.54) is 0 Å². The van der Waals surface area contributed by atoms with Crippen LogP contribution in [0.5, 0.6) is 0 Å². The van der Waals surface area contributed by atoms with Gasteiger partial charge in [0.15, 0.2) is 0 Å². The summed E-state index contributed by atoms with van der Waals surface area (Å²) in [5.41, 5.74) is 3.16. The number of halogens is 1. The molecule has 1 amide bonds. The van der Waals surface area contributed by atoms with E-state index in [9.17, 15) is 4.79 Å². The maximum Gasteiger partial charge on any atom is 0.267 e. The molecule has 4 nitrogen and oxygen atoms in total. The molecule has 0 spiro atoms. The first-order valence-electron chi connectivity index (χ1n) is 3.67. The molecule has 1 aromatic carbocycles. The van der Waals surface area contributed by atoms with E-state index in [-0.39, 0.29) is 5.91 Å². The third-order valence-corrected chi connectivity index (χ3v) is 1.86. The summed E-state index contributed by atoms with van der Waals surface area (Å²) in [4.78, 5) is 11.2. The predicted octanol–water partition coefficient (Wildman–Crippen LogP) is 0.985. The highest BCUT2D eigenvalue weighted by Crippen LogP contribution is 2.19. The van der Waals surface area contributed by atoms with E-state index in [1.54, 1.807) is 25.2 Å². The number of anilines is 1. The van der Waals surface area contributed by atoms with Gasteiger partial charge in [0, 0.05) is 17.8 Å². The van der Waals surface area contributed by atoms with Crippen molar-refractivity contribution in [1.29, 1.82) is 0 Å². The molecule has 0 aromatic heterocycles. The van der Waals surface area contributed by atoms with Gasteiger partial charge in [-0.1, -0.05) is 11.6 Å². The number of hydrogen-bond acceptors (Lipinski definition) is 3. The molecule has 0 atom stereocenters. The normalized spacial score (nSPS) is 9.46. The van der Waals surface area contributed by atoms with Crippen molar-refractivity contribution in [1.82, 2.24) is 5.43 Å². The van der Waals surface area contributed by atoms with Gasteiger partial charge in [-0.3, -0.25) is 10.2 Å². The molecular formula is C8H10ClN3O. The fourth-order valence-corrected chi connectivity index (χ4v) is 1.17. The second-order valence-electron chi connectivity index (χ2n) is 2.41. The monoisotopic (exact) mass is 199 g/mol. The minimum atomic E-state index is -0.369. The van der Waals surface area contributed by atoms with Crippen LogP contribution in [0.15, 0.2) is 18.2 Å². The Morgan fingerprint density at radius 2 is 2.23 bits per heavy atom. The van der Waals surface area contributed by atoms with Crippen LogP contribution < -0.4 is 16.6 Å². The second-order valence-corrected chi connectivity index (χ2v) is 2.85. The molecule has 0 fully saturated rings. The lowest BCUT2D eigenvalue weighted by Gasteiger charge is -2.07. The van der Waals surface area contributed by atoms with Gasteiger partial charge in [-0.15, -0.1) is 0 Å². The first kappa shape index (κ1) is 9.83. The fourth-order valence-electron chi connectivity index (χ4n) is 1.00. The molecule has 0 aliphatic carbocycles. The van der Waals surface area contributed by atoms with Gasteiger partial charge in [0.05, 0.1) is 5.56 Å². The summed E-state index contributed by atoms with van der Waals surface area (Å²) in [7, 11) is 1.72. The number of amides is 1. The van der Waals surface area contributed by atoms with Gasteiger partial charge in [0.2, 0.25) is 0 Å². The summed E-state index contributed by atoms with van der Waals surface area (Å²) in [6.45, 7) is 0. The summed E-state index contributed by atoms with van der Waals surface area (Å²) >= 11 is 5.73. The van der Waals surface area contributed by atoms with Crippen molar-refractivity contribution >= 4 is 23.2 Å². The topological polar surface area (TPSA) is 67.2 Å². The van der Waals surface area contributed by atoms with Crippen LogP contribution >= 0.6 is 11.6 Å². The molecule has 0 unspecified atom stereocenters. The Bertz CT molecular complexity index is 327. The van der Waals surface area contributed by atoms with Gasteiger partial charge in [-0.2, -0.15) is 0 Å². The van der Waals surface area contributed by atoms with Crippen LogP contribution in [0.1, 0.15) is 10.4 Å². The van der Waals surface area contributed by atoms with Crippen LogP contribution in [0.4, 0.5) is 5.69 Å². The summed E-state index contributed by atoms with van der Waals surface area (Å²) < 4.78 is 0. The van der Waals surface area contributed by atoms with E-state index in [2.05, 4.69) is 5.32 Å². The number of hydrazine groups is 1. The number of nitrogens with two attached hydrogens (primary N) is 1. The first-order valence-corrected chi connectivity index (χ1v) is 4.05. The van der Waals surface area contributed by atoms with E-state index >= 15 is 0 Å². The number of nitrogen functional groups attached to an aromatic ring is 1. The van der Waals surface area contributed by atoms with E-state index < -0.39 is 0 Å². The van der Waals surface area contributed by atoms with Gasteiger partial charge < -0.3 is 5.32 Å². The molecule has 0 heterocycles. The molecule has 0 radical (unpaired) electrons. The van der Waals surface area contributed by atoms with Crippen molar-refractivity contribution in [2.75, 3.05) is 12.4 Å². The molecule has 0 saturated carbocycles. The van der Waals surface area contributed by atoms with Crippen LogP contribution in [0.3, 0.4) is 0 Å². The lowest BCUT2D eigenvalue weighted by atomic mass is 10.1. The Labute approximate surface area is 81.0 Å². The highest BCUT2D eigenvalue weighted by Gasteiger charge is 2.09. The molecule has 0 bridgehead atoms. The zero-order valence-corrected chi connectivity index (χ0v) is 7.85. The predicted molar refractivity (Wildman–Crippen MR) is 52.7 cm³/mol. The standard InChI is InChI=1S/C8H10ClN3O/c1-11-7-3-2-5(9)4-6(7)8(13)12-10/h2-4,11H,10H2,1H3,(H,12,13). The van der Waals surface area contributed by atoms with Crippen molar-refractivity contribution < 1.29 is 4.79 Å². The zero-order chi connectivity index (χ0) is 9.84. The largest absolute Gasteiger partial charge is 0.387 e. The van der Waals surface area contributed by atoms with Crippen molar-refractivity contribution in [3.63, 3.8) is 0 Å². The van der Waals surface area contributed by atoms with Crippen molar-refractivity contribution in [3.8, 4) is 0 Å². The third kappa shape index (κ3) is 2.11. The highest BCUT2D eigenvalue weighted by atomic mass is 35.5. The van der Waals surface area contributed by atoms with E-state index in [0.29, 0.717) is 16.3 Å². The Hall–Kier alpha value is -1.26. The summed E-state index contributed by atoms with van der Waals surface area (Å²) in [6, 6.07) is 4.96. The lowest BCUT2D eigenvalue weighted by molar-refractivity contribution is 0.0954. The second kappa shape index (κ2) is 4.11. The van der Waals surface area contributed by atoms with E-state index in [1.807, 2.05) is 5.43 Å². The maximum absolute atomic E-state index is 11.2. The van der Waals surface area contributed by atoms with Crippen LogP contribution in [0.2, 0.25) is 5.02 Å². The number of carbonyl (C=O) groups excluding carboxylic acids is 1. The number of rotatable bonds is 2. The van der Waals surface area contributed by atoms with Gasteiger partial charge >= 0.3 is 0 Å². The minimum absolute atomic E-state index is 0.369. The Kier molecular flexibility index (Phi) is 3.11.